The van der Waals surface area contributed by atoms with Gasteiger partial charge in [0.2, 0.25) is 0 Å². The fourth-order valence-electron chi connectivity index (χ4n) is 3.67. The van der Waals surface area contributed by atoms with E-state index in [-0.39, 0.29) is 6.09 Å². The normalized spacial score (nSPS) is 19.1. The number of hydrogen-bond acceptors (Lipinski definition) is 4. The van der Waals surface area contributed by atoms with Crippen LogP contribution in [-0.2, 0) is 4.74 Å². The molecule has 0 radical (unpaired) electrons. The van der Waals surface area contributed by atoms with Gasteiger partial charge >= 0.3 is 6.09 Å². The van der Waals surface area contributed by atoms with Crippen LogP contribution in [0.3, 0.4) is 0 Å². The molecule has 0 aromatic heterocycles. The van der Waals surface area contributed by atoms with Crippen molar-refractivity contribution >= 4 is 18.0 Å². The molecule has 0 atom stereocenters. The Labute approximate surface area is 162 Å². The van der Waals surface area contributed by atoms with Crippen LogP contribution in [0.5, 0.6) is 0 Å². The average molecular weight is 370 g/mol. The van der Waals surface area contributed by atoms with Gasteiger partial charge < -0.3 is 10.5 Å². The number of hydrogen-bond donors (Lipinski definition) is 1. The summed E-state index contributed by atoms with van der Waals surface area (Å²) in [6, 6.07) is 8.53. The summed E-state index contributed by atoms with van der Waals surface area (Å²) in [4.78, 5) is 18.3. The standard InChI is InChI=1S/C22H31N3O2/c1-22(2,3)27-21(26)25-14-18(20(23)15-25)13-24-19-11-9-17(10-12-19)16-7-5-4-6-8-16/h9-13,16H,4-8,14-15,23H2,1-3H3. The van der Waals surface area contributed by atoms with Crippen molar-refractivity contribution in [3.8, 4) is 0 Å². The number of aliphatic imine (C=N–C) groups is 1. The number of nitrogens with two attached hydrogens (primary N) is 1. The van der Waals surface area contributed by atoms with E-state index in [0.717, 1.165) is 11.3 Å². The molecule has 0 bridgehead atoms. The van der Waals surface area contributed by atoms with Gasteiger partial charge in [-0.05, 0) is 57.2 Å². The first-order chi connectivity index (χ1) is 12.8. The summed E-state index contributed by atoms with van der Waals surface area (Å²) in [7, 11) is 0. The number of amides is 1. The van der Waals surface area contributed by atoms with E-state index >= 15 is 0 Å². The van der Waals surface area contributed by atoms with Crippen molar-refractivity contribution in [3.63, 3.8) is 0 Å². The van der Waals surface area contributed by atoms with Crippen molar-refractivity contribution in [2.45, 2.75) is 64.4 Å². The zero-order valence-corrected chi connectivity index (χ0v) is 16.7. The first kappa shape index (κ1) is 19.5. The van der Waals surface area contributed by atoms with Gasteiger partial charge in [0.1, 0.15) is 5.60 Å². The minimum absolute atomic E-state index is 0.342. The molecule has 1 aromatic carbocycles. The third kappa shape index (κ3) is 5.34. The van der Waals surface area contributed by atoms with Crippen LogP contribution in [0.2, 0.25) is 0 Å². The second-order valence-corrected chi connectivity index (χ2v) is 8.57. The molecular weight excluding hydrogens is 338 g/mol. The molecule has 1 heterocycles. The van der Waals surface area contributed by atoms with E-state index in [0.29, 0.717) is 24.7 Å². The third-order valence-corrected chi connectivity index (χ3v) is 5.13. The van der Waals surface area contributed by atoms with Gasteiger partial charge in [-0.3, -0.25) is 9.89 Å². The van der Waals surface area contributed by atoms with Crippen molar-refractivity contribution in [1.29, 1.82) is 0 Å². The zero-order chi connectivity index (χ0) is 19.4. The topological polar surface area (TPSA) is 67.9 Å². The third-order valence-electron chi connectivity index (χ3n) is 5.13. The summed E-state index contributed by atoms with van der Waals surface area (Å²) in [6.45, 7) is 6.40. The quantitative estimate of drug-likeness (QED) is 0.771. The van der Waals surface area contributed by atoms with Crippen molar-refractivity contribution in [3.05, 3.63) is 41.1 Å². The predicted octanol–water partition coefficient (Wildman–Crippen LogP) is 4.90. The van der Waals surface area contributed by atoms with Gasteiger partial charge in [-0.2, -0.15) is 0 Å². The Morgan fingerprint density at radius 1 is 1.15 bits per heavy atom. The van der Waals surface area contributed by atoms with Crippen LogP contribution in [0.1, 0.15) is 64.4 Å². The summed E-state index contributed by atoms with van der Waals surface area (Å²) in [5.74, 6) is 0.701. The van der Waals surface area contributed by atoms with E-state index in [1.807, 2.05) is 20.8 Å². The van der Waals surface area contributed by atoms with Crippen molar-refractivity contribution < 1.29 is 9.53 Å². The lowest BCUT2D eigenvalue weighted by Gasteiger charge is -2.24. The van der Waals surface area contributed by atoms with Crippen LogP contribution >= 0.6 is 0 Å². The second kappa shape index (κ2) is 8.15. The van der Waals surface area contributed by atoms with Gasteiger partial charge in [0, 0.05) is 17.5 Å². The van der Waals surface area contributed by atoms with Gasteiger partial charge in [-0.15, -0.1) is 0 Å². The van der Waals surface area contributed by atoms with E-state index in [2.05, 4.69) is 29.3 Å². The molecule has 2 aliphatic rings. The van der Waals surface area contributed by atoms with Crippen LogP contribution in [0, 0.1) is 0 Å². The van der Waals surface area contributed by atoms with E-state index in [1.54, 1.807) is 11.1 Å². The summed E-state index contributed by atoms with van der Waals surface area (Å²) in [5, 5.41) is 0. The number of nitrogens with zero attached hydrogens (tertiary/aromatic N) is 2. The smallest absolute Gasteiger partial charge is 0.410 e. The van der Waals surface area contributed by atoms with E-state index in [1.165, 1.54) is 37.7 Å². The number of benzene rings is 1. The highest BCUT2D eigenvalue weighted by molar-refractivity contribution is 5.85. The molecule has 1 fully saturated rings. The molecule has 146 valence electrons. The molecule has 1 aromatic rings. The Kier molecular flexibility index (Phi) is 5.88. The van der Waals surface area contributed by atoms with Gasteiger partial charge in [0.05, 0.1) is 18.8 Å². The molecule has 5 nitrogen and oxygen atoms in total. The van der Waals surface area contributed by atoms with E-state index < -0.39 is 5.60 Å². The Balaban J connectivity index is 1.59. The second-order valence-electron chi connectivity index (χ2n) is 8.57. The van der Waals surface area contributed by atoms with Crippen molar-refractivity contribution in [2.75, 3.05) is 13.1 Å². The summed E-state index contributed by atoms with van der Waals surface area (Å²) >= 11 is 0. The van der Waals surface area contributed by atoms with Crippen molar-refractivity contribution in [2.24, 2.45) is 10.7 Å². The molecule has 5 heteroatoms. The van der Waals surface area contributed by atoms with Gasteiger partial charge in [0.25, 0.3) is 0 Å². The number of rotatable bonds is 3. The Morgan fingerprint density at radius 3 is 2.44 bits per heavy atom. The molecule has 0 saturated heterocycles. The lowest BCUT2D eigenvalue weighted by Crippen LogP contribution is -2.36. The maximum absolute atomic E-state index is 12.2. The van der Waals surface area contributed by atoms with Crippen LogP contribution in [0.15, 0.2) is 40.5 Å². The summed E-state index contributed by atoms with van der Waals surface area (Å²) in [6.07, 6.45) is 8.08. The molecule has 1 aliphatic carbocycles. The summed E-state index contributed by atoms with van der Waals surface area (Å²) < 4.78 is 5.41. The maximum Gasteiger partial charge on any atom is 0.410 e. The monoisotopic (exact) mass is 369 g/mol. The highest BCUT2D eigenvalue weighted by Gasteiger charge is 2.27. The molecule has 3 rings (SSSR count). The van der Waals surface area contributed by atoms with Crippen LogP contribution in [0.25, 0.3) is 0 Å². The molecule has 0 unspecified atom stereocenters. The zero-order valence-electron chi connectivity index (χ0n) is 16.7. The predicted molar refractivity (Wildman–Crippen MR) is 109 cm³/mol. The fourth-order valence-corrected chi connectivity index (χ4v) is 3.67. The lowest BCUT2D eigenvalue weighted by molar-refractivity contribution is 0.0300. The fraction of sp³-hybridized carbons (Fsp3) is 0.545. The SMILES string of the molecule is CC(C)(C)OC(=O)N1CC(N)=C(C=Nc2ccc(C3CCCCC3)cc2)C1. The lowest BCUT2D eigenvalue weighted by atomic mass is 9.84. The van der Waals surface area contributed by atoms with Crippen LogP contribution in [0.4, 0.5) is 10.5 Å². The molecule has 1 saturated carbocycles. The highest BCUT2D eigenvalue weighted by Crippen LogP contribution is 2.33. The van der Waals surface area contributed by atoms with Crippen LogP contribution in [-0.4, -0.2) is 35.9 Å². The molecule has 27 heavy (non-hydrogen) atoms. The van der Waals surface area contributed by atoms with Crippen LogP contribution < -0.4 is 5.73 Å². The maximum atomic E-state index is 12.2. The highest BCUT2D eigenvalue weighted by atomic mass is 16.6. The number of carbonyl (C=O) groups is 1. The number of carbonyl (C=O) groups excluding carboxylic acids is 1. The summed E-state index contributed by atoms with van der Waals surface area (Å²) in [5.41, 5.74) is 9.46. The largest absolute Gasteiger partial charge is 0.444 e. The first-order valence-corrected chi connectivity index (χ1v) is 9.91. The first-order valence-electron chi connectivity index (χ1n) is 9.91. The van der Waals surface area contributed by atoms with E-state index in [4.69, 9.17) is 10.5 Å². The van der Waals surface area contributed by atoms with Gasteiger partial charge in [-0.25, -0.2) is 4.79 Å². The Bertz CT molecular complexity index is 723. The van der Waals surface area contributed by atoms with Gasteiger partial charge in [0.15, 0.2) is 0 Å². The van der Waals surface area contributed by atoms with Gasteiger partial charge in [-0.1, -0.05) is 31.4 Å². The molecule has 1 amide bonds. The molecular formula is C22H31N3O2. The minimum Gasteiger partial charge on any atom is -0.444 e. The number of ether oxygens (including phenoxy) is 1. The molecule has 0 spiro atoms. The Morgan fingerprint density at radius 2 is 1.81 bits per heavy atom. The minimum atomic E-state index is -0.511. The van der Waals surface area contributed by atoms with E-state index in [9.17, 15) is 4.79 Å². The van der Waals surface area contributed by atoms with Crippen molar-refractivity contribution in [1.82, 2.24) is 4.90 Å². The molecule has 1 aliphatic heterocycles. The Hall–Kier alpha value is -2.30. The molecule has 2 N–H and O–H groups in total. The average Bonchev–Trinajstić information content (AvgIpc) is 3.01.